The molecule has 3 aromatic rings. The number of aldehydes is 1. The molecule has 2 heterocycles. The van der Waals surface area contributed by atoms with Crippen molar-refractivity contribution >= 4 is 17.9 Å². The highest BCUT2D eigenvalue weighted by Crippen LogP contribution is 2.45. The highest BCUT2D eigenvalue weighted by Gasteiger charge is 2.32. The predicted octanol–water partition coefficient (Wildman–Crippen LogP) is 6.38. The van der Waals surface area contributed by atoms with Gasteiger partial charge in [-0.1, -0.05) is 6.07 Å². The smallest absolute Gasteiger partial charge is 0.258 e. The van der Waals surface area contributed by atoms with Crippen LogP contribution in [0.3, 0.4) is 0 Å². The summed E-state index contributed by atoms with van der Waals surface area (Å²) in [5.74, 6) is -0.0546. The van der Waals surface area contributed by atoms with Gasteiger partial charge in [-0.2, -0.15) is 0 Å². The molecule has 3 aromatic carbocycles. The summed E-state index contributed by atoms with van der Waals surface area (Å²) in [5.41, 5.74) is 9.65. The summed E-state index contributed by atoms with van der Waals surface area (Å²) in [6, 6.07) is 9.35. The van der Waals surface area contributed by atoms with E-state index in [1.54, 1.807) is 26.8 Å². The van der Waals surface area contributed by atoms with Crippen LogP contribution in [0.5, 0.6) is 5.75 Å². The molecule has 0 saturated heterocycles. The number of carbonyl (C=O) groups is 2. The summed E-state index contributed by atoms with van der Waals surface area (Å²) in [7, 11) is 1.00. The zero-order chi connectivity index (χ0) is 31.4. The van der Waals surface area contributed by atoms with Crippen LogP contribution in [0.1, 0.15) is 76.5 Å². The van der Waals surface area contributed by atoms with Crippen molar-refractivity contribution < 1.29 is 28.9 Å². The maximum atomic E-state index is 15.2. The van der Waals surface area contributed by atoms with E-state index in [0.717, 1.165) is 82.0 Å². The zero-order valence-corrected chi connectivity index (χ0v) is 26.2. The lowest BCUT2D eigenvalue weighted by atomic mass is 9.84. The Labute approximate surface area is 249 Å². The van der Waals surface area contributed by atoms with Gasteiger partial charge < -0.3 is 24.6 Å². The van der Waals surface area contributed by atoms with Gasteiger partial charge in [0.05, 0.1) is 12.2 Å². The maximum absolute atomic E-state index is 15.2. The first kappa shape index (κ1) is 33.0. The average Bonchev–Trinajstić information content (AvgIpc) is 3.36. The number of amides is 1. The van der Waals surface area contributed by atoms with E-state index >= 15 is 4.39 Å². The Morgan fingerprint density at radius 2 is 1.67 bits per heavy atom. The van der Waals surface area contributed by atoms with E-state index in [9.17, 15) is 9.59 Å². The molecule has 0 aromatic heterocycles. The number of benzene rings is 3. The number of hydrogen-bond acceptors (Lipinski definition) is 5. The third kappa shape index (κ3) is 7.08. The summed E-state index contributed by atoms with van der Waals surface area (Å²) in [6.07, 6.45) is 3.41. The molecule has 7 heteroatoms. The summed E-state index contributed by atoms with van der Waals surface area (Å²) in [6.45, 7) is 14.3. The number of anilines is 1. The van der Waals surface area contributed by atoms with E-state index in [1.165, 1.54) is 0 Å². The van der Waals surface area contributed by atoms with E-state index in [-0.39, 0.29) is 18.1 Å². The van der Waals surface area contributed by atoms with Gasteiger partial charge in [0.1, 0.15) is 6.29 Å². The molecule has 1 amide bonds. The highest BCUT2D eigenvalue weighted by molar-refractivity contribution is 6.08. The second kappa shape index (κ2) is 13.6. The third-order valence-electron chi connectivity index (χ3n) is 7.61. The number of fused-ring (bicyclic) bond motifs is 2. The lowest BCUT2D eigenvalue weighted by Crippen LogP contribution is -2.29. The molecule has 0 aliphatic carbocycles. The van der Waals surface area contributed by atoms with Crippen LogP contribution in [0.2, 0.25) is 0 Å². The summed E-state index contributed by atoms with van der Waals surface area (Å²) < 4.78 is 20.9. The van der Waals surface area contributed by atoms with Crippen molar-refractivity contribution in [3.05, 3.63) is 80.7 Å². The van der Waals surface area contributed by atoms with Crippen LogP contribution in [0.15, 0.2) is 30.3 Å². The fourth-order valence-corrected chi connectivity index (χ4v) is 5.55. The van der Waals surface area contributed by atoms with Gasteiger partial charge in [0.25, 0.3) is 5.91 Å². The SMILES string of the molecule is CC(C)(C)O.CO.Cc1ccc(C(=O)N2CCc3c2cc(C)c(CC=O)c3-c2cc(F)c3c(c2C)CCCO3)cc1C. The molecule has 0 spiro atoms. The quantitative estimate of drug-likeness (QED) is 0.352. The molecule has 2 aliphatic rings. The number of carbonyl (C=O) groups excluding carboxylic acids is 2. The Morgan fingerprint density at radius 3 is 2.29 bits per heavy atom. The molecule has 0 fully saturated rings. The van der Waals surface area contributed by atoms with Crippen LogP contribution in [0, 0.1) is 33.5 Å². The largest absolute Gasteiger partial charge is 0.490 e. The molecule has 0 bridgehead atoms. The van der Waals surface area contributed by atoms with Gasteiger partial charge in [-0.05, 0) is 137 Å². The Kier molecular flexibility index (Phi) is 10.7. The number of hydrogen-bond donors (Lipinski definition) is 2. The van der Waals surface area contributed by atoms with Crippen molar-refractivity contribution in [3.8, 4) is 16.9 Å². The number of aliphatic hydroxyl groups excluding tert-OH is 1. The predicted molar refractivity (Wildman–Crippen MR) is 166 cm³/mol. The highest BCUT2D eigenvalue weighted by atomic mass is 19.1. The zero-order valence-electron chi connectivity index (χ0n) is 26.2. The van der Waals surface area contributed by atoms with Gasteiger partial charge in [-0.3, -0.25) is 4.79 Å². The standard InChI is InChI=1S/C30H30FNO3.C4H10O.CH4O/c1-17-7-8-21(14-18(17)2)30(34)32-11-9-24-27(32)15-19(3)22(10-12-33)28(24)25-16-26(31)29-23(20(25)4)6-5-13-35-29;1-4(2,3)5;1-2/h7-8,12,14-16H,5-6,9-11,13H2,1-4H3;5H,1-3H3;2H,1H3. The minimum absolute atomic E-state index is 0.0397. The molecule has 6 nitrogen and oxygen atoms in total. The van der Waals surface area contributed by atoms with Crippen molar-refractivity contribution in [1.82, 2.24) is 0 Å². The second-order valence-electron chi connectivity index (χ2n) is 11.9. The van der Waals surface area contributed by atoms with Crippen molar-refractivity contribution in [1.29, 1.82) is 0 Å². The third-order valence-corrected chi connectivity index (χ3v) is 7.61. The lowest BCUT2D eigenvalue weighted by molar-refractivity contribution is -0.107. The van der Waals surface area contributed by atoms with Gasteiger partial charge in [0.2, 0.25) is 0 Å². The molecular weight excluding hydrogens is 533 g/mol. The van der Waals surface area contributed by atoms with Crippen LogP contribution in [0.4, 0.5) is 10.1 Å². The van der Waals surface area contributed by atoms with Gasteiger partial charge >= 0.3 is 0 Å². The van der Waals surface area contributed by atoms with Crippen molar-refractivity contribution in [2.24, 2.45) is 0 Å². The molecular formula is C35H44FNO5. The second-order valence-corrected chi connectivity index (χ2v) is 11.9. The Bertz CT molecular complexity index is 1470. The maximum Gasteiger partial charge on any atom is 0.258 e. The van der Waals surface area contributed by atoms with E-state index < -0.39 is 5.60 Å². The average molecular weight is 578 g/mol. The molecule has 2 N–H and O–H groups in total. The van der Waals surface area contributed by atoms with Crippen LogP contribution in [-0.2, 0) is 24.1 Å². The number of nitrogens with zero attached hydrogens (tertiary/aromatic N) is 1. The van der Waals surface area contributed by atoms with E-state index in [0.29, 0.717) is 30.9 Å². The summed E-state index contributed by atoms with van der Waals surface area (Å²) in [5, 5.41) is 15.5. The number of aryl methyl sites for hydroxylation is 3. The van der Waals surface area contributed by atoms with E-state index in [1.807, 2.05) is 56.9 Å². The number of rotatable bonds is 4. The molecule has 5 rings (SSSR count). The van der Waals surface area contributed by atoms with Gasteiger partial charge in [0, 0.05) is 36.9 Å². The van der Waals surface area contributed by atoms with Gasteiger partial charge in [-0.15, -0.1) is 0 Å². The summed E-state index contributed by atoms with van der Waals surface area (Å²) >= 11 is 0. The van der Waals surface area contributed by atoms with Crippen molar-refractivity contribution in [3.63, 3.8) is 0 Å². The number of aliphatic hydroxyl groups is 2. The Hall–Kier alpha value is -3.55. The van der Waals surface area contributed by atoms with Crippen LogP contribution < -0.4 is 9.64 Å². The number of halogens is 1. The first-order valence-corrected chi connectivity index (χ1v) is 14.4. The van der Waals surface area contributed by atoms with Crippen LogP contribution in [0.25, 0.3) is 11.1 Å². The van der Waals surface area contributed by atoms with Gasteiger partial charge in [-0.25, -0.2) is 4.39 Å². The number of ether oxygens (including phenoxy) is 1. The molecule has 0 radical (unpaired) electrons. The molecule has 226 valence electrons. The first-order chi connectivity index (χ1) is 19.8. The molecule has 42 heavy (non-hydrogen) atoms. The van der Waals surface area contributed by atoms with E-state index in [4.69, 9.17) is 14.9 Å². The normalized spacial score (nSPS) is 13.5. The van der Waals surface area contributed by atoms with E-state index in [2.05, 4.69) is 0 Å². The Balaban J connectivity index is 0.000000627. The van der Waals surface area contributed by atoms with Crippen molar-refractivity contribution in [2.75, 3.05) is 25.2 Å². The minimum atomic E-state index is -0.500. The fraction of sp³-hybridized carbons (Fsp3) is 0.429. The fourth-order valence-electron chi connectivity index (χ4n) is 5.55. The van der Waals surface area contributed by atoms with Gasteiger partial charge in [0.15, 0.2) is 11.6 Å². The Morgan fingerprint density at radius 1 is 1.00 bits per heavy atom. The minimum Gasteiger partial charge on any atom is -0.490 e. The summed E-state index contributed by atoms with van der Waals surface area (Å²) in [4.78, 5) is 27.0. The molecule has 0 atom stereocenters. The first-order valence-electron chi connectivity index (χ1n) is 14.4. The molecule has 0 unspecified atom stereocenters. The topological polar surface area (TPSA) is 87.1 Å². The van der Waals surface area contributed by atoms with Crippen LogP contribution in [-0.4, -0.2) is 48.3 Å². The van der Waals surface area contributed by atoms with Crippen LogP contribution >= 0.6 is 0 Å². The molecule has 0 saturated carbocycles. The monoisotopic (exact) mass is 577 g/mol. The molecule has 2 aliphatic heterocycles. The van der Waals surface area contributed by atoms with Crippen molar-refractivity contribution in [2.45, 2.75) is 79.8 Å². The lowest BCUT2D eigenvalue weighted by Gasteiger charge is -2.25.